The minimum Gasteiger partial charge on any atom is -0.455 e. The number of rotatable bonds is 6. The highest BCUT2D eigenvalue weighted by Crippen LogP contribution is 2.40. The molecule has 0 unspecified atom stereocenters. The van der Waals surface area contributed by atoms with Crippen molar-refractivity contribution in [1.29, 1.82) is 0 Å². The second kappa shape index (κ2) is 13.3. The van der Waals surface area contributed by atoms with Crippen LogP contribution >= 0.6 is 11.3 Å². The number of nitrogens with zero attached hydrogens (tertiary/aromatic N) is 3. The molecule has 0 aliphatic rings. The Morgan fingerprint density at radius 2 is 0.821 bits per heavy atom. The first-order chi connectivity index (χ1) is 27.7. The molecule has 0 saturated heterocycles. The normalized spacial score (nSPS) is 11.6. The molecule has 0 bridgehead atoms. The van der Waals surface area contributed by atoms with Crippen LogP contribution in [0.4, 0.5) is 0 Å². The lowest BCUT2D eigenvalue weighted by Gasteiger charge is -2.12. The van der Waals surface area contributed by atoms with E-state index in [1.54, 1.807) is 11.3 Å². The molecule has 3 heterocycles. The molecule has 0 amide bonds. The molecule has 0 radical (unpaired) electrons. The molecule has 3 aromatic heterocycles. The topological polar surface area (TPSA) is 51.8 Å². The largest absolute Gasteiger partial charge is 0.455 e. The van der Waals surface area contributed by atoms with Crippen LogP contribution < -0.4 is 0 Å². The van der Waals surface area contributed by atoms with E-state index in [1.165, 1.54) is 31.3 Å². The van der Waals surface area contributed by atoms with Gasteiger partial charge in [0.15, 0.2) is 17.5 Å². The lowest BCUT2D eigenvalue weighted by molar-refractivity contribution is 0.669. The molecule has 0 fully saturated rings. The van der Waals surface area contributed by atoms with Crippen LogP contribution in [-0.4, -0.2) is 15.0 Å². The number of fused-ring (bicyclic) bond motifs is 6. The Kier molecular flexibility index (Phi) is 7.64. The van der Waals surface area contributed by atoms with Crippen molar-refractivity contribution >= 4 is 53.4 Å². The van der Waals surface area contributed by atoms with Gasteiger partial charge in [0.2, 0.25) is 0 Å². The zero-order valence-electron chi connectivity index (χ0n) is 30.1. The van der Waals surface area contributed by atoms with E-state index >= 15 is 0 Å². The first-order valence-corrected chi connectivity index (χ1v) is 19.5. The van der Waals surface area contributed by atoms with Gasteiger partial charge in [-0.05, 0) is 75.8 Å². The van der Waals surface area contributed by atoms with E-state index in [1.807, 2.05) is 36.4 Å². The minimum absolute atomic E-state index is 0.560. The van der Waals surface area contributed by atoms with Crippen molar-refractivity contribution in [3.8, 4) is 67.5 Å². The predicted octanol–water partition coefficient (Wildman–Crippen LogP) is 14.1. The Bertz CT molecular complexity index is 3180. The zero-order valence-corrected chi connectivity index (χ0v) is 30.9. The third-order valence-corrected chi connectivity index (χ3v) is 11.6. The minimum atomic E-state index is 0.560. The summed E-state index contributed by atoms with van der Waals surface area (Å²) in [6.45, 7) is 0. The maximum Gasteiger partial charge on any atom is 0.167 e. The third-order valence-electron chi connectivity index (χ3n) is 10.5. The molecule has 0 aliphatic heterocycles. The highest BCUT2D eigenvalue weighted by atomic mass is 32.1. The van der Waals surface area contributed by atoms with Crippen molar-refractivity contribution in [1.82, 2.24) is 15.0 Å². The molecule has 262 valence electrons. The van der Waals surface area contributed by atoms with Crippen molar-refractivity contribution in [3.05, 3.63) is 188 Å². The van der Waals surface area contributed by atoms with Crippen molar-refractivity contribution in [3.63, 3.8) is 0 Å². The number of aromatic nitrogens is 3. The van der Waals surface area contributed by atoms with Gasteiger partial charge in [0.25, 0.3) is 0 Å². The van der Waals surface area contributed by atoms with Crippen LogP contribution in [0.25, 0.3) is 110 Å². The van der Waals surface area contributed by atoms with Gasteiger partial charge in [-0.2, -0.15) is 0 Å². The average molecular weight is 734 g/mol. The van der Waals surface area contributed by atoms with Gasteiger partial charge in [-0.25, -0.2) is 15.0 Å². The molecule has 0 spiro atoms. The molecular weight excluding hydrogens is 703 g/mol. The van der Waals surface area contributed by atoms with Gasteiger partial charge in [-0.1, -0.05) is 146 Å². The number of hydrogen-bond donors (Lipinski definition) is 0. The molecule has 56 heavy (non-hydrogen) atoms. The Labute approximate surface area is 327 Å². The predicted molar refractivity (Wildman–Crippen MR) is 233 cm³/mol. The Morgan fingerprint density at radius 1 is 0.321 bits per heavy atom. The fourth-order valence-electron chi connectivity index (χ4n) is 7.76. The molecule has 0 saturated carbocycles. The van der Waals surface area contributed by atoms with E-state index < -0.39 is 0 Å². The van der Waals surface area contributed by atoms with Crippen molar-refractivity contribution in [2.24, 2.45) is 0 Å². The van der Waals surface area contributed by atoms with Crippen LogP contribution in [0, 0.1) is 0 Å². The van der Waals surface area contributed by atoms with Crippen LogP contribution in [0.1, 0.15) is 0 Å². The highest BCUT2D eigenvalue weighted by molar-refractivity contribution is 7.25. The van der Waals surface area contributed by atoms with Gasteiger partial charge in [0.1, 0.15) is 11.2 Å². The van der Waals surface area contributed by atoms with E-state index in [9.17, 15) is 0 Å². The molecule has 4 nitrogen and oxygen atoms in total. The monoisotopic (exact) mass is 733 g/mol. The van der Waals surface area contributed by atoms with Crippen LogP contribution in [0.15, 0.2) is 192 Å². The smallest absolute Gasteiger partial charge is 0.167 e. The van der Waals surface area contributed by atoms with E-state index in [4.69, 9.17) is 19.4 Å². The maximum absolute atomic E-state index is 6.52. The van der Waals surface area contributed by atoms with Gasteiger partial charge < -0.3 is 4.42 Å². The second-order valence-electron chi connectivity index (χ2n) is 14.0. The molecular formula is C51H31N3OS. The summed E-state index contributed by atoms with van der Waals surface area (Å²) in [5.74, 6) is 1.76. The van der Waals surface area contributed by atoms with Gasteiger partial charge in [-0.3, -0.25) is 0 Å². The van der Waals surface area contributed by atoms with Gasteiger partial charge in [0, 0.05) is 42.1 Å². The van der Waals surface area contributed by atoms with Crippen LogP contribution in [0.2, 0.25) is 0 Å². The van der Waals surface area contributed by atoms with Gasteiger partial charge >= 0.3 is 0 Å². The highest BCUT2D eigenvalue weighted by Gasteiger charge is 2.19. The zero-order chi connectivity index (χ0) is 37.0. The lowest BCUT2D eigenvalue weighted by atomic mass is 9.96. The summed E-state index contributed by atoms with van der Waals surface area (Å²) in [4.78, 5) is 15.7. The SMILES string of the molecule is c1ccc(-c2cc(-c3ccccc3)cc(-c3nc(-c4ccc5c(c4)sc4cc(-c6ccccc6)ccc45)nc(-c4cccc5c4oc4ccccc45)n3)c2)cc1. The number of thiophene rings is 1. The summed E-state index contributed by atoms with van der Waals surface area (Å²) in [7, 11) is 0. The fraction of sp³-hybridized carbons (Fsp3) is 0. The summed E-state index contributed by atoms with van der Waals surface area (Å²) < 4.78 is 8.95. The molecule has 11 aromatic rings. The number of para-hydroxylation sites is 2. The van der Waals surface area contributed by atoms with Gasteiger partial charge in [0.05, 0.1) is 5.56 Å². The number of furan rings is 1. The third kappa shape index (κ3) is 5.65. The molecule has 0 atom stereocenters. The second-order valence-corrected chi connectivity index (χ2v) is 15.1. The lowest BCUT2D eigenvalue weighted by Crippen LogP contribution is -2.01. The molecule has 11 rings (SSSR count). The fourth-order valence-corrected chi connectivity index (χ4v) is 8.94. The summed E-state index contributed by atoms with van der Waals surface area (Å²) >= 11 is 1.80. The van der Waals surface area contributed by atoms with Crippen LogP contribution in [-0.2, 0) is 0 Å². The Morgan fingerprint density at radius 3 is 1.48 bits per heavy atom. The summed E-state index contributed by atoms with van der Waals surface area (Å²) in [6, 6.07) is 65.8. The Balaban J connectivity index is 1.12. The first-order valence-electron chi connectivity index (χ1n) is 18.7. The maximum atomic E-state index is 6.52. The molecule has 0 N–H and O–H groups in total. The number of benzene rings is 8. The molecule has 8 aromatic carbocycles. The van der Waals surface area contributed by atoms with Gasteiger partial charge in [-0.15, -0.1) is 11.3 Å². The van der Waals surface area contributed by atoms with E-state index in [2.05, 4.69) is 152 Å². The Hall–Kier alpha value is -7.21. The van der Waals surface area contributed by atoms with Crippen LogP contribution in [0.5, 0.6) is 0 Å². The van der Waals surface area contributed by atoms with Crippen molar-refractivity contribution in [2.45, 2.75) is 0 Å². The van der Waals surface area contributed by atoms with Crippen LogP contribution in [0.3, 0.4) is 0 Å². The summed E-state index contributed by atoms with van der Waals surface area (Å²) in [5.41, 5.74) is 11.1. The first kappa shape index (κ1) is 32.2. The van der Waals surface area contributed by atoms with E-state index in [0.717, 1.165) is 60.9 Å². The van der Waals surface area contributed by atoms with Crippen molar-refractivity contribution < 1.29 is 4.42 Å². The molecule has 5 heteroatoms. The standard InChI is InChI=1S/C51H31N3OS/c1-4-13-32(14-5-1)35-23-25-41-42-26-24-36(31-47(42)56-46(41)30-35)49-52-50(54-51(53-49)44-21-12-20-43-40-19-10-11-22-45(40)55-48(43)44)39-28-37(33-15-6-2-7-16-33)27-38(29-39)34-17-8-3-9-18-34/h1-31H. The molecule has 0 aliphatic carbocycles. The quantitative estimate of drug-likeness (QED) is 0.171. The summed E-state index contributed by atoms with van der Waals surface area (Å²) in [5, 5.41) is 4.56. The van der Waals surface area contributed by atoms with E-state index in [0.29, 0.717) is 17.5 Å². The van der Waals surface area contributed by atoms with Crippen molar-refractivity contribution in [2.75, 3.05) is 0 Å². The summed E-state index contributed by atoms with van der Waals surface area (Å²) in [6.07, 6.45) is 0. The number of hydrogen-bond acceptors (Lipinski definition) is 5. The average Bonchev–Trinajstić information content (AvgIpc) is 3.85. The van der Waals surface area contributed by atoms with E-state index in [-0.39, 0.29) is 0 Å².